The van der Waals surface area contributed by atoms with E-state index in [2.05, 4.69) is 0 Å². The molecule has 1 heterocycles. The SMILES string of the molecule is CCOC(=O)C(C)C/[N+]([O-])=C\c1ccco1. The molecule has 88 valence electrons. The van der Waals surface area contributed by atoms with Crippen LogP contribution in [0.1, 0.15) is 19.6 Å². The van der Waals surface area contributed by atoms with Gasteiger partial charge in [0.1, 0.15) is 5.92 Å². The maximum Gasteiger partial charge on any atom is 0.315 e. The number of hydrogen-bond acceptors (Lipinski definition) is 4. The minimum absolute atomic E-state index is 0.0551. The molecule has 0 aromatic carbocycles. The smallest absolute Gasteiger partial charge is 0.315 e. The van der Waals surface area contributed by atoms with E-state index in [9.17, 15) is 10.0 Å². The first kappa shape index (κ1) is 12.3. The maximum absolute atomic E-state index is 11.4. The van der Waals surface area contributed by atoms with Crippen LogP contribution < -0.4 is 0 Å². The molecule has 0 bridgehead atoms. The van der Waals surface area contributed by atoms with Crippen molar-refractivity contribution in [3.63, 3.8) is 0 Å². The van der Waals surface area contributed by atoms with Crippen molar-refractivity contribution in [3.8, 4) is 0 Å². The third-order valence-corrected chi connectivity index (χ3v) is 1.96. The zero-order valence-corrected chi connectivity index (χ0v) is 9.38. The van der Waals surface area contributed by atoms with Gasteiger partial charge in [-0.15, -0.1) is 0 Å². The zero-order valence-electron chi connectivity index (χ0n) is 9.38. The Bertz CT molecular complexity index is 356. The highest BCUT2D eigenvalue weighted by Gasteiger charge is 2.17. The van der Waals surface area contributed by atoms with Crippen LogP contribution >= 0.6 is 0 Å². The van der Waals surface area contributed by atoms with Gasteiger partial charge in [-0.2, -0.15) is 0 Å². The molecule has 0 amide bonds. The summed E-state index contributed by atoms with van der Waals surface area (Å²) in [6.07, 6.45) is 2.78. The molecule has 1 aromatic rings. The molecule has 0 aliphatic rings. The molecule has 0 N–H and O–H groups in total. The molecule has 0 radical (unpaired) electrons. The molecule has 5 nitrogen and oxygen atoms in total. The van der Waals surface area contributed by atoms with Crippen molar-refractivity contribution in [2.45, 2.75) is 13.8 Å². The molecule has 1 unspecified atom stereocenters. The summed E-state index contributed by atoms with van der Waals surface area (Å²) >= 11 is 0. The van der Waals surface area contributed by atoms with E-state index in [1.165, 1.54) is 12.5 Å². The largest absolute Gasteiger partial charge is 0.624 e. The van der Waals surface area contributed by atoms with Gasteiger partial charge in [0.2, 0.25) is 6.21 Å². The van der Waals surface area contributed by atoms with Crippen molar-refractivity contribution in [3.05, 3.63) is 29.4 Å². The molecular weight excluding hydrogens is 210 g/mol. The first-order valence-corrected chi connectivity index (χ1v) is 5.12. The van der Waals surface area contributed by atoms with Gasteiger partial charge in [0.15, 0.2) is 12.3 Å². The van der Waals surface area contributed by atoms with Crippen LogP contribution in [0.2, 0.25) is 0 Å². The van der Waals surface area contributed by atoms with E-state index in [4.69, 9.17) is 9.15 Å². The Kier molecular flexibility index (Phi) is 4.57. The van der Waals surface area contributed by atoms with Gasteiger partial charge in [0, 0.05) is 0 Å². The number of hydroxylamine groups is 1. The summed E-state index contributed by atoms with van der Waals surface area (Å²) in [5.74, 6) is -0.356. The van der Waals surface area contributed by atoms with E-state index in [0.29, 0.717) is 17.1 Å². The van der Waals surface area contributed by atoms with Crippen LogP contribution in [0.15, 0.2) is 22.8 Å². The third kappa shape index (κ3) is 3.76. The summed E-state index contributed by atoms with van der Waals surface area (Å²) in [5.41, 5.74) is 0. The molecule has 16 heavy (non-hydrogen) atoms. The number of esters is 1. The standard InChI is InChI=1S/C11H15NO4/c1-3-15-11(13)9(2)7-12(14)8-10-5-4-6-16-10/h4-6,8-9H,3,7H2,1-2H3/b12-8+. The van der Waals surface area contributed by atoms with Crippen LogP contribution in [0.5, 0.6) is 0 Å². The van der Waals surface area contributed by atoms with E-state index in [1.54, 1.807) is 26.0 Å². The highest BCUT2D eigenvalue weighted by atomic mass is 16.5. The molecule has 0 spiro atoms. The Labute approximate surface area is 93.9 Å². The van der Waals surface area contributed by atoms with Crippen molar-refractivity contribution in [2.24, 2.45) is 5.92 Å². The van der Waals surface area contributed by atoms with E-state index < -0.39 is 5.92 Å². The minimum Gasteiger partial charge on any atom is -0.624 e. The highest BCUT2D eigenvalue weighted by Crippen LogP contribution is 2.00. The van der Waals surface area contributed by atoms with Gasteiger partial charge in [0.05, 0.1) is 12.9 Å². The van der Waals surface area contributed by atoms with Crippen LogP contribution in [0, 0.1) is 11.1 Å². The lowest BCUT2D eigenvalue weighted by atomic mass is 10.2. The van der Waals surface area contributed by atoms with Crippen molar-refractivity contribution in [1.82, 2.24) is 0 Å². The second-order valence-corrected chi connectivity index (χ2v) is 3.40. The second-order valence-electron chi connectivity index (χ2n) is 3.40. The molecule has 0 saturated carbocycles. The molecule has 1 atom stereocenters. The summed E-state index contributed by atoms with van der Waals surface area (Å²) in [6, 6.07) is 3.36. The van der Waals surface area contributed by atoms with Gasteiger partial charge in [0.25, 0.3) is 0 Å². The van der Waals surface area contributed by atoms with Crippen LogP contribution in [-0.2, 0) is 9.53 Å². The molecule has 5 heteroatoms. The minimum atomic E-state index is -0.455. The summed E-state index contributed by atoms with van der Waals surface area (Å²) in [5, 5.41) is 11.4. The maximum atomic E-state index is 11.4. The Morgan fingerprint density at radius 3 is 3.06 bits per heavy atom. The predicted octanol–water partition coefficient (Wildman–Crippen LogP) is 1.41. The molecule has 0 saturated heterocycles. The monoisotopic (exact) mass is 225 g/mol. The number of rotatable bonds is 5. The van der Waals surface area contributed by atoms with E-state index in [0.717, 1.165) is 0 Å². The molecule has 0 fully saturated rings. The lowest BCUT2D eigenvalue weighted by Crippen LogP contribution is -2.24. The zero-order chi connectivity index (χ0) is 12.0. The lowest BCUT2D eigenvalue weighted by Gasteiger charge is -2.09. The van der Waals surface area contributed by atoms with E-state index in [-0.39, 0.29) is 12.5 Å². The number of ether oxygens (including phenoxy) is 1. The van der Waals surface area contributed by atoms with Crippen molar-refractivity contribution >= 4 is 12.2 Å². The fourth-order valence-corrected chi connectivity index (χ4v) is 1.19. The number of furan rings is 1. The summed E-state index contributed by atoms with van der Waals surface area (Å²) < 4.78 is 10.4. The predicted molar refractivity (Wildman–Crippen MR) is 58.2 cm³/mol. The molecule has 0 aliphatic heterocycles. The summed E-state index contributed by atoms with van der Waals surface area (Å²) in [6.45, 7) is 3.76. The van der Waals surface area contributed by atoms with Crippen LogP contribution in [0.4, 0.5) is 0 Å². The van der Waals surface area contributed by atoms with Gasteiger partial charge in [-0.25, -0.2) is 4.74 Å². The van der Waals surface area contributed by atoms with E-state index in [1.807, 2.05) is 0 Å². The normalized spacial score (nSPS) is 13.5. The van der Waals surface area contributed by atoms with E-state index >= 15 is 0 Å². The Morgan fingerprint density at radius 1 is 1.75 bits per heavy atom. The Balaban J connectivity index is 2.51. The van der Waals surface area contributed by atoms with Crippen LogP contribution in [0.25, 0.3) is 0 Å². The fourth-order valence-electron chi connectivity index (χ4n) is 1.19. The number of hydrogen-bond donors (Lipinski definition) is 0. The molecule has 1 aromatic heterocycles. The van der Waals surface area contributed by atoms with Gasteiger partial charge in [-0.1, -0.05) is 0 Å². The Morgan fingerprint density at radius 2 is 2.50 bits per heavy atom. The molecule has 0 aliphatic carbocycles. The number of carbonyl (C=O) groups is 1. The average molecular weight is 225 g/mol. The third-order valence-electron chi connectivity index (χ3n) is 1.96. The second kappa shape index (κ2) is 5.95. The molecule has 1 rings (SSSR count). The van der Waals surface area contributed by atoms with Gasteiger partial charge in [-0.3, -0.25) is 4.79 Å². The summed E-state index contributed by atoms with van der Waals surface area (Å²) in [7, 11) is 0. The fraction of sp³-hybridized carbons (Fsp3) is 0.455. The van der Waals surface area contributed by atoms with Crippen molar-refractivity contribution in [1.29, 1.82) is 0 Å². The van der Waals surface area contributed by atoms with Crippen molar-refractivity contribution in [2.75, 3.05) is 13.2 Å². The van der Waals surface area contributed by atoms with Gasteiger partial charge >= 0.3 is 5.97 Å². The summed E-state index contributed by atoms with van der Waals surface area (Å²) in [4.78, 5) is 11.3. The van der Waals surface area contributed by atoms with Crippen LogP contribution in [-0.4, -0.2) is 30.1 Å². The van der Waals surface area contributed by atoms with Gasteiger partial charge in [-0.05, 0) is 26.0 Å². The number of nitrogens with zero attached hydrogens (tertiary/aromatic N) is 1. The first-order valence-electron chi connectivity index (χ1n) is 5.12. The average Bonchev–Trinajstić information content (AvgIpc) is 2.70. The first-order chi connectivity index (χ1) is 7.63. The molecular formula is C11H15NO4. The quantitative estimate of drug-likeness (QED) is 0.250. The van der Waals surface area contributed by atoms with Crippen LogP contribution in [0.3, 0.4) is 0 Å². The highest BCUT2D eigenvalue weighted by molar-refractivity contribution is 5.73. The van der Waals surface area contributed by atoms with Gasteiger partial charge < -0.3 is 14.4 Å². The number of carbonyl (C=O) groups excluding carboxylic acids is 1. The topological polar surface area (TPSA) is 65.5 Å². The Hall–Kier alpha value is -1.78. The van der Waals surface area contributed by atoms with Crippen molar-refractivity contribution < 1.29 is 18.7 Å². The lowest BCUT2D eigenvalue weighted by molar-refractivity contribution is -0.458.